The zero-order chi connectivity index (χ0) is 17.6. The second kappa shape index (κ2) is 7.80. The second-order valence-corrected chi connectivity index (χ2v) is 6.50. The van der Waals surface area contributed by atoms with Gasteiger partial charge in [0.05, 0.1) is 0 Å². The van der Waals surface area contributed by atoms with E-state index in [1.165, 1.54) is 5.56 Å². The summed E-state index contributed by atoms with van der Waals surface area (Å²) in [5.74, 6) is 0.0597. The van der Waals surface area contributed by atoms with E-state index < -0.39 is 0 Å². The van der Waals surface area contributed by atoms with Crippen LogP contribution in [-0.4, -0.2) is 10.8 Å². The first-order valence-electron chi connectivity index (χ1n) is 8.57. The van der Waals surface area contributed by atoms with Crippen LogP contribution in [0, 0.1) is 13.8 Å². The van der Waals surface area contributed by atoms with Gasteiger partial charge in [-0.1, -0.05) is 77.9 Å². The predicted octanol–water partition coefficient (Wildman–Crippen LogP) is 5.15. The van der Waals surface area contributed by atoms with Gasteiger partial charge >= 0.3 is 0 Å². The number of amides is 1. The summed E-state index contributed by atoms with van der Waals surface area (Å²) in [6.07, 6.45) is 0. The van der Waals surface area contributed by atoms with E-state index in [9.17, 15) is 4.79 Å². The van der Waals surface area contributed by atoms with Crippen LogP contribution in [0.4, 0.5) is 0 Å². The van der Waals surface area contributed by atoms with Gasteiger partial charge in [-0.2, -0.15) is 0 Å². The molecule has 0 aromatic heterocycles. The van der Waals surface area contributed by atoms with Crippen LogP contribution in [0.15, 0.2) is 78.9 Å². The highest BCUT2D eigenvalue weighted by atomic mass is 16.2. The van der Waals surface area contributed by atoms with Gasteiger partial charge in [-0.05, 0) is 37.1 Å². The molecule has 0 radical (unpaired) electrons. The van der Waals surface area contributed by atoms with Crippen molar-refractivity contribution in [2.45, 2.75) is 26.9 Å². The van der Waals surface area contributed by atoms with Gasteiger partial charge in [0.15, 0.2) is 0 Å². The van der Waals surface area contributed by atoms with E-state index in [0.29, 0.717) is 13.1 Å². The molecule has 0 bridgehead atoms. The van der Waals surface area contributed by atoms with Gasteiger partial charge in [-0.15, -0.1) is 0 Å². The van der Waals surface area contributed by atoms with Crippen LogP contribution in [0.3, 0.4) is 0 Å². The Morgan fingerprint density at radius 2 is 1.16 bits per heavy atom. The van der Waals surface area contributed by atoms with Crippen LogP contribution in [0.2, 0.25) is 0 Å². The predicted molar refractivity (Wildman–Crippen MR) is 102 cm³/mol. The highest BCUT2D eigenvalue weighted by molar-refractivity contribution is 5.94. The molecule has 0 aliphatic carbocycles. The average Bonchev–Trinajstić information content (AvgIpc) is 2.64. The van der Waals surface area contributed by atoms with E-state index in [-0.39, 0.29) is 5.91 Å². The molecule has 0 unspecified atom stereocenters. The molecule has 3 aromatic rings. The summed E-state index contributed by atoms with van der Waals surface area (Å²) in [5.41, 5.74) is 5.39. The molecule has 3 aromatic carbocycles. The highest BCUT2D eigenvalue weighted by Crippen LogP contribution is 2.15. The van der Waals surface area contributed by atoms with Crippen LogP contribution in [0.1, 0.15) is 32.6 Å². The normalized spacial score (nSPS) is 10.5. The van der Waals surface area contributed by atoms with Crippen molar-refractivity contribution in [3.8, 4) is 0 Å². The zero-order valence-corrected chi connectivity index (χ0v) is 14.8. The van der Waals surface area contributed by atoms with Crippen LogP contribution >= 0.6 is 0 Å². The third kappa shape index (κ3) is 4.57. The molecule has 3 rings (SSSR count). The van der Waals surface area contributed by atoms with E-state index in [2.05, 4.69) is 43.3 Å². The summed E-state index contributed by atoms with van der Waals surface area (Å²) in [4.78, 5) is 15.0. The third-order valence-corrected chi connectivity index (χ3v) is 4.30. The monoisotopic (exact) mass is 329 g/mol. The molecule has 0 saturated heterocycles. The topological polar surface area (TPSA) is 20.3 Å². The van der Waals surface area contributed by atoms with Crippen molar-refractivity contribution in [3.05, 3.63) is 107 Å². The fourth-order valence-corrected chi connectivity index (χ4v) is 2.80. The average molecular weight is 329 g/mol. The molecule has 2 nitrogen and oxygen atoms in total. The van der Waals surface area contributed by atoms with E-state index in [1.807, 2.05) is 54.3 Å². The molecule has 0 aliphatic rings. The summed E-state index contributed by atoms with van der Waals surface area (Å²) in [7, 11) is 0. The molecule has 0 fully saturated rings. The minimum absolute atomic E-state index is 0.0597. The Balaban J connectivity index is 1.86. The summed E-state index contributed by atoms with van der Waals surface area (Å²) >= 11 is 0. The van der Waals surface area contributed by atoms with Crippen LogP contribution in [0.5, 0.6) is 0 Å². The second-order valence-electron chi connectivity index (χ2n) is 6.50. The maximum atomic E-state index is 13.1. The van der Waals surface area contributed by atoms with Crippen molar-refractivity contribution in [2.24, 2.45) is 0 Å². The molecule has 0 heterocycles. The number of hydrogen-bond donors (Lipinski definition) is 0. The molecule has 0 spiro atoms. The summed E-state index contributed by atoms with van der Waals surface area (Å²) in [6, 6.07) is 26.3. The van der Waals surface area contributed by atoms with Crippen molar-refractivity contribution in [1.82, 2.24) is 4.90 Å². The smallest absolute Gasteiger partial charge is 0.254 e. The summed E-state index contributed by atoms with van der Waals surface area (Å²) in [6.45, 7) is 5.30. The van der Waals surface area contributed by atoms with Gasteiger partial charge in [0.1, 0.15) is 0 Å². The molecule has 1 amide bonds. The summed E-state index contributed by atoms with van der Waals surface area (Å²) < 4.78 is 0. The lowest BCUT2D eigenvalue weighted by Gasteiger charge is -2.23. The molecular weight excluding hydrogens is 306 g/mol. The lowest BCUT2D eigenvalue weighted by molar-refractivity contribution is 0.0730. The van der Waals surface area contributed by atoms with Gasteiger partial charge in [0, 0.05) is 18.7 Å². The number of aryl methyl sites for hydroxylation is 2. The largest absolute Gasteiger partial charge is 0.330 e. The van der Waals surface area contributed by atoms with Gasteiger partial charge in [-0.25, -0.2) is 0 Å². The molecular formula is C23H23NO. The summed E-state index contributed by atoms with van der Waals surface area (Å²) in [5, 5.41) is 0. The van der Waals surface area contributed by atoms with Crippen LogP contribution < -0.4 is 0 Å². The Morgan fingerprint density at radius 1 is 0.680 bits per heavy atom. The van der Waals surface area contributed by atoms with Crippen molar-refractivity contribution >= 4 is 5.91 Å². The minimum Gasteiger partial charge on any atom is -0.330 e. The van der Waals surface area contributed by atoms with E-state index in [0.717, 1.165) is 22.3 Å². The number of carbonyl (C=O) groups excluding carboxylic acids is 1. The third-order valence-electron chi connectivity index (χ3n) is 4.30. The van der Waals surface area contributed by atoms with E-state index in [1.54, 1.807) is 0 Å². The number of hydrogen-bond acceptors (Lipinski definition) is 1. The van der Waals surface area contributed by atoms with Crippen molar-refractivity contribution < 1.29 is 4.79 Å². The molecule has 0 N–H and O–H groups in total. The van der Waals surface area contributed by atoms with Gasteiger partial charge in [-0.3, -0.25) is 4.79 Å². The standard InChI is InChI=1S/C23H23NO/c1-18-8-12-21(13-9-18)17-24(16-20-6-4-3-5-7-20)23(25)22-14-10-19(2)11-15-22/h3-15H,16-17H2,1-2H3. The zero-order valence-electron chi connectivity index (χ0n) is 14.8. The van der Waals surface area contributed by atoms with Gasteiger partial charge in [0.2, 0.25) is 0 Å². The van der Waals surface area contributed by atoms with Gasteiger partial charge < -0.3 is 4.90 Å². The molecule has 2 heteroatoms. The number of nitrogens with zero attached hydrogens (tertiary/aromatic N) is 1. The quantitative estimate of drug-likeness (QED) is 0.634. The minimum atomic E-state index is 0.0597. The van der Waals surface area contributed by atoms with Crippen molar-refractivity contribution in [1.29, 1.82) is 0 Å². The van der Waals surface area contributed by atoms with E-state index in [4.69, 9.17) is 0 Å². The Bertz CT molecular complexity index is 820. The fraction of sp³-hybridized carbons (Fsp3) is 0.174. The van der Waals surface area contributed by atoms with Crippen LogP contribution in [0.25, 0.3) is 0 Å². The Hall–Kier alpha value is -2.87. The lowest BCUT2D eigenvalue weighted by atomic mass is 10.1. The number of rotatable bonds is 5. The Morgan fingerprint density at radius 3 is 1.72 bits per heavy atom. The molecule has 0 aliphatic heterocycles. The lowest BCUT2D eigenvalue weighted by Crippen LogP contribution is -2.30. The first-order valence-corrected chi connectivity index (χ1v) is 8.57. The first kappa shape index (κ1) is 17.0. The molecule has 0 saturated carbocycles. The first-order chi connectivity index (χ1) is 12.1. The molecule has 0 atom stereocenters. The number of carbonyl (C=O) groups is 1. The van der Waals surface area contributed by atoms with Gasteiger partial charge in [0.25, 0.3) is 5.91 Å². The molecule has 25 heavy (non-hydrogen) atoms. The van der Waals surface area contributed by atoms with Crippen LogP contribution in [-0.2, 0) is 13.1 Å². The van der Waals surface area contributed by atoms with Crippen molar-refractivity contribution in [3.63, 3.8) is 0 Å². The Kier molecular flexibility index (Phi) is 5.30. The Labute approximate surface area is 149 Å². The SMILES string of the molecule is Cc1ccc(CN(Cc2ccccc2)C(=O)c2ccc(C)cc2)cc1. The van der Waals surface area contributed by atoms with E-state index >= 15 is 0 Å². The van der Waals surface area contributed by atoms with Crippen molar-refractivity contribution in [2.75, 3.05) is 0 Å². The fourth-order valence-electron chi connectivity index (χ4n) is 2.80. The number of benzene rings is 3. The molecule has 126 valence electrons. The maximum absolute atomic E-state index is 13.1. The highest BCUT2D eigenvalue weighted by Gasteiger charge is 2.16. The maximum Gasteiger partial charge on any atom is 0.254 e.